The van der Waals surface area contributed by atoms with Crippen LogP contribution in [0.15, 0.2) is 33.9 Å². The lowest BCUT2D eigenvalue weighted by Crippen LogP contribution is -2.48. The zero-order chi connectivity index (χ0) is 10.7. The highest BCUT2D eigenvalue weighted by Crippen LogP contribution is 2.21. The van der Waals surface area contributed by atoms with Crippen molar-refractivity contribution in [2.45, 2.75) is 12.6 Å². The lowest BCUT2D eigenvalue weighted by atomic mass is 10.1. The molecule has 0 spiro atoms. The van der Waals surface area contributed by atoms with Crippen LogP contribution >= 0.6 is 15.9 Å². The second-order valence-electron chi connectivity index (χ2n) is 3.64. The molecule has 5 heteroatoms. The molecule has 1 aliphatic rings. The van der Waals surface area contributed by atoms with Crippen molar-refractivity contribution < 1.29 is 0 Å². The van der Waals surface area contributed by atoms with Gasteiger partial charge in [0.2, 0.25) is 0 Å². The van der Waals surface area contributed by atoms with Crippen LogP contribution in [0.4, 0.5) is 0 Å². The number of likely N-dealkylation sites (tertiary alicyclic amines) is 1. The molecule has 4 nitrogen and oxygen atoms in total. The Morgan fingerprint density at radius 1 is 1.47 bits per heavy atom. The maximum Gasteiger partial charge on any atom is 0.0628 e. The number of azide groups is 1. The van der Waals surface area contributed by atoms with E-state index in [0.717, 1.165) is 24.1 Å². The van der Waals surface area contributed by atoms with E-state index in [1.807, 2.05) is 18.2 Å². The molecular weight excluding hydrogens is 256 g/mol. The number of benzene rings is 1. The Morgan fingerprint density at radius 2 is 2.20 bits per heavy atom. The number of rotatable bonds is 3. The molecule has 0 aromatic heterocycles. The van der Waals surface area contributed by atoms with Gasteiger partial charge in [0.15, 0.2) is 0 Å². The summed E-state index contributed by atoms with van der Waals surface area (Å²) in [6.45, 7) is 2.65. The molecule has 1 fully saturated rings. The Kier molecular flexibility index (Phi) is 3.26. The molecule has 1 heterocycles. The van der Waals surface area contributed by atoms with Crippen LogP contribution in [0.25, 0.3) is 10.4 Å². The summed E-state index contributed by atoms with van der Waals surface area (Å²) in [6, 6.07) is 8.35. The molecule has 2 rings (SSSR count). The summed E-state index contributed by atoms with van der Waals surface area (Å²) in [6.07, 6.45) is 0. The van der Waals surface area contributed by atoms with Crippen LogP contribution in [0.3, 0.4) is 0 Å². The van der Waals surface area contributed by atoms with Crippen molar-refractivity contribution in [3.8, 4) is 0 Å². The number of nitrogens with zero attached hydrogens (tertiary/aromatic N) is 4. The first-order valence-corrected chi connectivity index (χ1v) is 5.59. The van der Waals surface area contributed by atoms with E-state index in [1.165, 1.54) is 5.56 Å². The highest BCUT2D eigenvalue weighted by atomic mass is 79.9. The van der Waals surface area contributed by atoms with Gasteiger partial charge in [0.1, 0.15) is 0 Å². The van der Waals surface area contributed by atoms with Gasteiger partial charge in [-0.1, -0.05) is 39.2 Å². The molecule has 0 amide bonds. The van der Waals surface area contributed by atoms with Crippen LogP contribution in [0.5, 0.6) is 0 Å². The SMILES string of the molecule is [N-]=[N+]=NC1CN(Cc2ccccc2Br)C1. The van der Waals surface area contributed by atoms with Crippen LogP contribution in [0, 0.1) is 0 Å². The average Bonchev–Trinajstić information content (AvgIpc) is 2.18. The molecule has 78 valence electrons. The van der Waals surface area contributed by atoms with Crippen molar-refractivity contribution in [2.24, 2.45) is 5.11 Å². The van der Waals surface area contributed by atoms with E-state index in [-0.39, 0.29) is 6.04 Å². The second-order valence-corrected chi connectivity index (χ2v) is 4.50. The molecule has 1 aromatic rings. The van der Waals surface area contributed by atoms with Crippen molar-refractivity contribution in [3.63, 3.8) is 0 Å². The third kappa shape index (κ3) is 2.50. The molecule has 15 heavy (non-hydrogen) atoms. The van der Waals surface area contributed by atoms with Gasteiger partial charge in [-0.15, -0.1) is 0 Å². The normalized spacial score (nSPS) is 16.9. The standard InChI is InChI=1S/C10H11BrN4/c11-10-4-2-1-3-8(10)5-15-6-9(7-15)13-14-12/h1-4,9H,5-7H2. The van der Waals surface area contributed by atoms with E-state index in [1.54, 1.807) is 0 Å². The van der Waals surface area contributed by atoms with Crippen LogP contribution in [0.2, 0.25) is 0 Å². The maximum atomic E-state index is 8.25. The Labute approximate surface area is 96.6 Å². The molecule has 0 bridgehead atoms. The van der Waals surface area contributed by atoms with E-state index in [0.29, 0.717) is 0 Å². The van der Waals surface area contributed by atoms with Gasteiger partial charge in [-0.3, -0.25) is 4.90 Å². The first kappa shape index (κ1) is 10.5. The Balaban J connectivity index is 1.90. The van der Waals surface area contributed by atoms with E-state index < -0.39 is 0 Å². The van der Waals surface area contributed by atoms with E-state index in [4.69, 9.17) is 5.53 Å². The lowest BCUT2D eigenvalue weighted by Gasteiger charge is -2.36. The van der Waals surface area contributed by atoms with Crippen molar-refractivity contribution in [2.75, 3.05) is 13.1 Å². The lowest BCUT2D eigenvalue weighted by molar-refractivity contribution is 0.142. The zero-order valence-corrected chi connectivity index (χ0v) is 9.76. The molecule has 0 aliphatic carbocycles. The number of hydrogen-bond acceptors (Lipinski definition) is 2. The summed E-state index contributed by atoms with van der Waals surface area (Å²) < 4.78 is 1.14. The van der Waals surface area contributed by atoms with Crippen molar-refractivity contribution in [1.29, 1.82) is 0 Å². The fraction of sp³-hybridized carbons (Fsp3) is 0.400. The molecule has 0 N–H and O–H groups in total. The molecule has 0 saturated carbocycles. The smallest absolute Gasteiger partial charge is 0.0628 e. The van der Waals surface area contributed by atoms with Gasteiger partial charge in [0.05, 0.1) is 6.04 Å². The summed E-state index contributed by atoms with van der Waals surface area (Å²) in [4.78, 5) is 5.07. The summed E-state index contributed by atoms with van der Waals surface area (Å²) in [5.41, 5.74) is 9.53. The van der Waals surface area contributed by atoms with Crippen LogP contribution in [0.1, 0.15) is 5.56 Å². The second kappa shape index (κ2) is 4.66. The molecule has 1 aliphatic heterocycles. The Morgan fingerprint density at radius 3 is 2.87 bits per heavy atom. The highest BCUT2D eigenvalue weighted by molar-refractivity contribution is 9.10. The van der Waals surface area contributed by atoms with Crippen molar-refractivity contribution in [1.82, 2.24) is 4.90 Å². The molecule has 0 unspecified atom stereocenters. The summed E-state index contributed by atoms with van der Waals surface area (Å²) >= 11 is 3.52. The molecule has 0 atom stereocenters. The third-order valence-electron chi connectivity index (χ3n) is 2.50. The van der Waals surface area contributed by atoms with Crippen LogP contribution in [-0.4, -0.2) is 24.0 Å². The van der Waals surface area contributed by atoms with E-state index >= 15 is 0 Å². The van der Waals surface area contributed by atoms with Gasteiger partial charge >= 0.3 is 0 Å². The topological polar surface area (TPSA) is 52.0 Å². The minimum absolute atomic E-state index is 0.164. The van der Waals surface area contributed by atoms with Gasteiger partial charge in [-0.2, -0.15) is 0 Å². The van der Waals surface area contributed by atoms with Gasteiger partial charge in [0, 0.05) is 29.0 Å². The van der Waals surface area contributed by atoms with Gasteiger partial charge in [-0.05, 0) is 17.2 Å². The molecule has 1 aromatic carbocycles. The molecule has 0 radical (unpaired) electrons. The predicted molar refractivity (Wildman–Crippen MR) is 62.4 cm³/mol. The zero-order valence-electron chi connectivity index (χ0n) is 8.17. The minimum Gasteiger partial charge on any atom is -0.298 e. The number of halogens is 1. The Bertz CT molecular complexity index is 394. The first-order valence-electron chi connectivity index (χ1n) is 4.79. The van der Waals surface area contributed by atoms with Gasteiger partial charge in [-0.25, -0.2) is 0 Å². The minimum atomic E-state index is 0.164. The van der Waals surface area contributed by atoms with E-state index in [9.17, 15) is 0 Å². The first-order chi connectivity index (χ1) is 7.29. The number of hydrogen-bond donors (Lipinski definition) is 0. The fourth-order valence-corrected chi connectivity index (χ4v) is 2.10. The fourth-order valence-electron chi connectivity index (χ4n) is 1.69. The van der Waals surface area contributed by atoms with Crippen molar-refractivity contribution in [3.05, 3.63) is 44.7 Å². The van der Waals surface area contributed by atoms with Gasteiger partial charge < -0.3 is 0 Å². The predicted octanol–water partition coefficient (Wildman–Crippen LogP) is 2.94. The van der Waals surface area contributed by atoms with Gasteiger partial charge in [0.25, 0.3) is 0 Å². The highest BCUT2D eigenvalue weighted by Gasteiger charge is 2.25. The largest absolute Gasteiger partial charge is 0.298 e. The summed E-state index contributed by atoms with van der Waals surface area (Å²) in [5.74, 6) is 0. The third-order valence-corrected chi connectivity index (χ3v) is 3.28. The monoisotopic (exact) mass is 266 g/mol. The summed E-state index contributed by atoms with van der Waals surface area (Å²) in [5, 5.41) is 3.67. The van der Waals surface area contributed by atoms with Crippen molar-refractivity contribution >= 4 is 15.9 Å². The molecule has 1 saturated heterocycles. The quantitative estimate of drug-likeness (QED) is 0.472. The average molecular weight is 267 g/mol. The van der Waals surface area contributed by atoms with E-state index in [2.05, 4.69) is 36.9 Å². The van der Waals surface area contributed by atoms with Crippen LogP contribution in [-0.2, 0) is 6.54 Å². The maximum absolute atomic E-state index is 8.25. The van der Waals surface area contributed by atoms with Crippen LogP contribution < -0.4 is 0 Å². The molecular formula is C10H11BrN4. The Hall–Kier alpha value is -1.03. The summed E-state index contributed by atoms with van der Waals surface area (Å²) in [7, 11) is 0.